The van der Waals surface area contributed by atoms with Crippen LogP contribution in [-0.2, 0) is 9.59 Å². The summed E-state index contributed by atoms with van der Waals surface area (Å²) >= 11 is 0. The molecular weight excluding hydrogens is 408 g/mol. The molecule has 1 aliphatic heterocycles. The first-order valence-corrected chi connectivity index (χ1v) is 9.97. The summed E-state index contributed by atoms with van der Waals surface area (Å²) in [7, 11) is 2.97. The molecule has 1 saturated heterocycles. The van der Waals surface area contributed by atoms with Gasteiger partial charge in [0.2, 0.25) is 0 Å². The first-order valence-electron chi connectivity index (χ1n) is 9.97. The van der Waals surface area contributed by atoms with Crippen LogP contribution >= 0.6 is 0 Å². The van der Waals surface area contributed by atoms with Crippen LogP contribution in [0.5, 0.6) is 11.5 Å². The van der Waals surface area contributed by atoms with E-state index >= 15 is 0 Å². The number of carbonyl (C=O) groups excluding carboxylic acids is 2. The molecule has 1 atom stereocenters. The Hall–Kier alpha value is -4.13. The number of hydrogen-bond donors (Lipinski definition) is 1. The van der Waals surface area contributed by atoms with E-state index in [0.29, 0.717) is 28.3 Å². The van der Waals surface area contributed by atoms with Crippen LogP contribution in [0.4, 0.5) is 5.69 Å². The van der Waals surface area contributed by atoms with Crippen molar-refractivity contribution in [3.8, 4) is 11.5 Å². The first kappa shape index (κ1) is 21.1. The Morgan fingerprint density at radius 3 is 2.44 bits per heavy atom. The van der Waals surface area contributed by atoms with E-state index in [1.165, 1.54) is 19.1 Å². The highest BCUT2D eigenvalue weighted by Crippen LogP contribution is 2.45. The molecule has 1 aromatic heterocycles. The summed E-state index contributed by atoms with van der Waals surface area (Å²) in [6, 6.07) is 14.8. The lowest BCUT2D eigenvalue weighted by Gasteiger charge is -2.26. The van der Waals surface area contributed by atoms with Crippen molar-refractivity contribution in [3.63, 3.8) is 0 Å². The molecule has 1 amide bonds. The molecule has 4 rings (SSSR count). The number of anilines is 1. The minimum atomic E-state index is -0.898. The maximum atomic E-state index is 13.3. The van der Waals surface area contributed by atoms with Crippen LogP contribution in [0, 0.1) is 6.92 Å². The van der Waals surface area contributed by atoms with Crippen molar-refractivity contribution in [2.45, 2.75) is 13.0 Å². The molecule has 2 aromatic carbocycles. The van der Waals surface area contributed by atoms with Crippen LogP contribution in [0.2, 0.25) is 0 Å². The number of aliphatic hydroxyl groups excluding tert-OH is 1. The summed E-state index contributed by atoms with van der Waals surface area (Å²) in [4.78, 5) is 32.0. The van der Waals surface area contributed by atoms with E-state index in [9.17, 15) is 14.7 Å². The van der Waals surface area contributed by atoms with E-state index in [1.807, 2.05) is 13.0 Å². The number of ketones is 1. The number of ether oxygens (including phenoxy) is 2. The van der Waals surface area contributed by atoms with E-state index in [1.54, 1.807) is 60.9 Å². The number of Topliss-reactive ketones (excluding diaryl/α,β-unsaturated/α-hetero) is 1. The molecule has 1 fully saturated rings. The van der Waals surface area contributed by atoms with Crippen LogP contribution in [-0.4, -0.2) is 36.0 Å². The summed E-state index contributed by atoms with van der Waals surface area (Å²) in [5.74, 6) is -1.06. The Balaban J connectivity index is 2.00. The number of carbonyl (C=O) groups is 2. The quantitative estimate of drug-likeness (QED) is 0.373. The molecule has 3 aromatic rings. The zero-order chi connectivity index (χ0) is 22.8. The normalized spacial score (nSPS) is 17.5. The van der Waals surface area contributed by atoms with Gasteiger partial charge in [-0.15, -0.1) is 0 Å². The second kappa shape index (κ2) is 8.55. The maximum absolute atomic E-state index is 13.3. The number of pyridine rings is 1. The molecule has 7 heteroatoms. The van der Waals surface area contributed by atoms with Gasteiger partial charge < -0.3 is 14.6 Å². The number of hydrogen-bond acceptors (Lipinski definition) is 6. The summed E-state index contributed by atoms with van der Waals surface area (Å²) < 4.78 is 10.8. The van der Waals surface area contributed by atoms with Gasteiger partial charge in [-0.05, 0) is 42.8 Å². The fraction of sp³-hybridized carbons (Fsp3) is 0.160. The highest BCUT2D eigenvalue weighted by Gasteiger charge is 2.48. The zero-order valence-corrected chi connectivity index (χ0v) is 17.9. The summed E-state index contributed by atoms with van der Waals surface area (Å²) in [6.45, 7) is 1.86. The topological polar surface area (TPSA) is 89.0 Å². The number of rotatable bonds is 5. The van der Waals surface area contributed by atoms with Crippen molar-refractivity contribution >= 4 is 23.1 Å². The van der Waals surface area contributed by atoms with Crippen molar-refractivity contribution in [2.24, 2.45) is 0 Å². The molecule has 0 radical (unpaired) electrons. The van der Waals surface area contributed by atoms with E-state index < -0.39 is 17.7 Å². The number of amides is 1. The van der Waals surface area contributed by atoms with Crippen LogP contribution < -0.4 is 14.4 Å². The highest BCUT2D eigenvalue weighted by molar-refractivity contribution is 6.52. The molecule has 0 bridgehead atoms. The standard InChI is InChI=1S/C25H22N2O5/c1-15-10-11-19(31-2)17(13-15)23(28)21-22(16-7-6-12-26-14-16)27(25(30)24(21)29)18-8-4-5-9-20(18)32-3/h4-14,22,28H,1-3H3/b23-21+. The largest absolute Gasteiger partial charge is 0.507 e. The summed E-state index contributed by atoms with van der Waals surface area (Å²) in [5.41, 5.74) is 2.15. The Morgan fingerprint density at radius 2 is 1.75 bits per heavy atom. The maximum Gasteiger partial charge on any atom is 0.300 e. The van der Waals surface area contributed by atoms with Gasteiger partial charge >= 0.3 is 0 Å². The molecular formula is C25H22N2O5. The predicted octanol–water partition coefficient (Wildman–Crippen LogP) is 4.03. The van der Waals surface area contributed by atoms with Gasteiger partial charge in [-0.25, -0.2) is 0 Å². The van der Waals surface area contributed by atoms with Gasteiger partial charge in [-0.3, -0.25) is 19.5 Å². The van der Waals surface area contributed by atoms with Gasteiger partial charge in [-0.2, -0.15) is 0 Å². The Labute approximate surface area is 185 Å². The van der Waals surface area contributed by atoms with Gasteiger partial charge in [0, 0.05) is 12.4 Å². The van der Waals surface area contributed by atoms with E-state index in [2.05, 4.69) is 4.98 Å². The molecule has 0 saturated carbocycles. The van der Waals surface area contributed by atoms with Crippen LogP contribution in [0.1, 0.15) is 22.7 Å². The number of para-hydroxylation sites is 2. The Bertz CT molecular complexity index is 1220. The Morgan fingerprint density at radius 1 is 1.00 bits per heavy atom. The molecule has 7 nitrogen and oxygen atoms in total. The SMILES string of the molecule is COc1ccc(C)cc1/C(O)=C1\C(=O)C(=O)N(c2ccccc2OC)C1c1cccnc1. The molecule has 2 heterocycles. The van der Waals surface area contributed by atoms with Gasteiger partial charge in [0.25, 0.3) is 11.7 Å². The van der Waals surface area contributed by atoms with E-state index in [0.717, 1.165) is 5.56 Å². The Kier molecular flexibility index (Phi) is 5.64. The number of nitrogens with zero attached hydrogens (tertiary/aromatic N) is 2. The first-order chi connectivity index (χ1) is 15.5. The van der Waals surface area contributed by atoms with Gasteiger partial charge in [0.05, 0.1) is 37.1 Å². The number of methoxy groups -OCH3 is 2. The minimum Gasteiger partial charge on any atom is -0.507 e. The third-order valence-corrected chi connectivity index (χ3v) is 5.40. The zero-order valence-electron chi connectivity index (χ0n) is 17.9. The third kappa shape index (κ3) is 3.47. The van der Waals surface area contributed by atoms with Crippen LogP contribution in [0.3, 0.4) is 0 Å². The fourth-order valence-corrected chi connectivity index (χ4v) is 3.91. The van der Waals surface area contributed by atoms with Gasteiger partial charge in [0.15, 0.2) is 0 Å². The molecule has 162 valence electrons. The lowest BCUT2D eigenvalue weighted by molar-refractivity contribution is -0.132. The second-order valence-corrected chi connectivity index (χ2v) is 7.33. The van der Waals surface area contributed by atoms with E-state index in [-0.39, 0.29) is 11.3 Å². The van der Waals surface area contributed by atoms with Gasteiger partial charge in [0.1, 0.15) is 17.3 Å². The summed E-state index contributed by atoms with van der Waals surface area (Å²) in [5, 5.41) is 11.3. The van der Waals surface area contributed by atoms with Crippen LogP contribution in [0.25, 0.3) is 5.76 Å². The highest BCUT2D eigenvalue weighted by atomic mass is 16.5. The molecule has 0 aliphatic carbocycles. The molecule has 1 unspecified atom stereocenters. The van der Waals surface area contributed by atoms with Crippen molar-refractivity contribution in [3.05, 3.63) is 89.3 Å². The number of benzene rings is 2. The summed E-state index contributed by atoms with van der Waals surface area (Å²) in [6.07, 6.45) is 3.17. The minimum absolute atomic E-state index is 0.0437. The number of aromatic nitrogens is 1. The lowest BCUT2D eigenvalue weighted by atomic mass is 9.95. The smallest absolute Gasteiger partial charge is 0.300 e. The number of aliphatic hydroxyl groups is 1. The van der Waals surface area contributed by atoms with Crippen LogP contribution in [0.15, 0.2) is 72.6 Å². The van der Waals surface area contributed by atoms with Crippen molar-refractivity contribution in [1.82, 2.24) is 4.98 Å². The fourth-order valence-electron chi connectivity index (χ4n) is 3.91. The number of aryl methyl sites for hydroxylation is 1. The molecule has 32 heavy (non-hydrogen) atoms. The third-order valence-electron chi connectivity index (χ3n) is 5.40. The molecule has 1 N–H and O–H groups in total. The molecule has 1 aliphatic rings. The van der Waals surface area contributed by atoms with Gasteiger partial charge in [-0.1, -0.05) is 29.8 Å². The predicted molar refractivity (Wildman–Crippen MR) is 120 cm³/mol. The molecule has 0 spiro atoms. The van der Waals surface area contributed by atoms with Crippen molar-refractivity contribution in [2.75, 3.05) is 19.1 Å². The second-order valence-electron chi connectivity index (χ2n) is 7.33. The van der Waals surface area contributed by atoms with E-state index in [4.69, 9.17) is 9.47 Å². The lowest BCUT2D eigenvalue weighted by Crippen LogP contribution is -2.29. The van der Waals surface area contributed by atoms with Crippen molar-refractivity contribution in [1.29, 1.82) is 0 Å². The average molecular weight is 430 g/mol. The average Bonchev–Trinajstić information content (AvgIpc) is 3.09. The van der Waals surface area contributed by atoms with Crippen molar-refractivity contribution < 1.29 is 24.2 Å². The monoisotopic (exact) mass is 430 g/mol.